The molecule has 21 N–H and O–H groups in total. The number of nitrogens with two attached hydrogens (primary N) is 4. The Morgan fingerprint density at radius 3 is 0.872 bits per heavy atom. The van der Waals surface area contributed by atoms with Crippen LogP contribution in [0.2, 0.25) is 0 Å². The molecule has 676 valence electrons. The van der Waals surface area contributed by atoms with Gasteiger partial charge < -0.3 is 131 Å². The summed E-state index contributed by atoms with van der Waals surface area (Å²) in [5, 5.41) is 21.3. The SMILES string of the molecule is Cc1cn(C2CC(O)C(COP(O)(=S)OC3CC(n4cnc5c(=O)[nH]c(N)nc54)OC3COP(O)(=S)OC3CC(n4cnc5c(=O)[nH]c(N)nc54)OC3COP(O)(=S)OC3CC(n4cnc5c(=O)[nH]c(N)nc54)OC3COP(O)(=S)OC3CC(n4cnc5c(=O)[nH]c(N)nc54)OC3COP(O)(=S)OC3CC(n4cc(C)c(=O)[nH]c4=O)OC3CO)O2)c(=O)[nH]c1=O. The number of ether oxygens (including phenoxy) is 6. The Morgan fingerprint density at radius 2 is 0.600 bits per heavy atom. The maximum atomic E-state index is 13.1. The quantitative estimate of drug-likeness (QED) is 0.0184. The fraction of sp³-hybridized carbons (Fsp3) is 0.533. The van der Waals surface area contributed by atoms with Crippen LogP contribution in [0.25, 0.3) is 44.7 Å². The number of H-pyrrole nitrogens is 6. The first-order valence-electron chi connectivity index (χ1n) is 37.1. The molecule has 0 amide bonds. The van der Waals surface area contributed by atoms with Crippen LogP contribution in [0.1, 0.15) is 87.0 Å². The van der Waals surface area contributed by atoms with Crippen molar-refractivity contribution in [1.82, 2.24) is 97.2 Å². The highest BCUT2D eigenvalue weighted by molar-refractivity contribution is 8.08. The number of rotatable bonds is 32. The van der Waals surface area contributed by atoms with Gasteiger partial charge in [-0.1, -0.05) is 0 Å². The van der Waals surface area contributed by atoms with Gasteiger partial charge in [0, 0.05) is 62.0 Å². The summed E-state index contributed by atoms with van der Waals surface area (Å²) in [5.74, 6) is -1.22. The molecule has 10 aromatic rings. The van der Waals surface area contributed by atoms with Gasteiger partial charge in [0.25, 0.3) is 33.4 Å². The number of aliphatic hydroxyl groups is 2. The second kappa shape index (κ2) is 35.6. The van der Waals surface area contributed by atoms with E-state index >= 15 is 0 Å². The molecule has 0 aromatic carbocycles. The number of aliphatic hydroxyl groups excluding tert-OH is 2. The van der Waals surface area contributed by atoms with Gasteiger partial charge in [0.05, 0.1) is 102 Å². The second-order valence-corrected chi connectivity index (χ2v) is 43.0. The molecule has 0 saturated carbocycles. The molecule has 23 atom stereocenters. The molecule has 6 aliphatic rings. The van der Waals surface area contributed by atoms with Gasteiger partial charge in [0.2, 0.25) is 23.8 Å². The first-order valence-corrected chi connectivity index (χ1v) is 50.1. The van der Waals surface area contributed by atoms with Gasteiger partial charge in [0.15, 0.2) is 44.7 Å². The zero-order chi connectivity index (χ0) is 89.0. The van der Waals surface area contributed by atoms with Crippen molar-refractivity contribution in [3.63, 3.8) is 0 Å². The molecular formula is C60H75N24O31P5S5. The molecule has 125 heavy (non-hydrogen) atoms. The maximum absolute atomic E-state index is 13.1. The van der Waals surface area contributed by atoms with E-state index in [9.17, 15) is 73.0 Å². The van der Waals surface area contributed by atoms with Crippen molar-refractivity contribution in [2.45, 2.75) is 163 Å². The molecule has 0 bridgehead atoms. The highest BCUT2D eigenvalue weighted by Gasteiger charge is 2.50. The normalized spacial score (nSPS) is 29.0. The predicted octanol–water partition coefficient (Wildman–Crippen LogP) is -3.26. The number of aromatic amines is 6. The van der Waals surface area contributed by atoms with Gasteiger partial charge in [-0.05, 0) is 72.9 Å². The van der Waals surface area contributed by atoms with E-state index in [1.807, 2.05) is 0 Å². The lowest BCUT2D eigenvalue weighted by Crippen LogP contribution is -2.33. The average molecular weight is 1940 g/mol. The molecule has 16 heterocycles. The Kier molecular flexibility index (Phi) is 25.8. The van der Waals surface area contributed by atoms with Crippen molar-refractivity contribution in [2.24, 2.45) is 0 Å². The summed E-state index contributed by atoms with van der Waals surface area (Å²) in [4.78, 5) is 209. The van der Waals surface area contributed by atoms with Gasteiger partial charge in [-0.25, -0.2) is 29.5 Å². The number of hydrogen-bond acceptors (Lipinski definition) is 43. The van der Waals surface area contributed by atoms with E-state index in [1.165, 1.54) is 69.8 Å². The summed E-state index contributed by atoms with van der Waals surface area (Å²) in [6, 6.07) is 0. The first kappa shape index (κ1) is 90.6. The summed E-state index contributed by atoms with van der Waals surface area (Å²) < 4.78 is 105. The van der Waals surface area contributed by atoms with Crippen LogP contribution in [0, 0.1) is 13.8 Å². The largest absolute Gasteiger partial charge is 0.394 e. The molecule has 23 unspecified atom stereocenters. The molecule has 10 aromatic heterocycles. The highest BCUT2D eigenvalue weighted by atomic mass is 32.5. The number of nitrogens with zero attached hydrogens (tertiary/aromatic N) is 14. The Hall–Kier alpha value is -7.71. The van der Waals surface area contributed by atoms with Crippen LogP contribution in [-0.2, 0) is 133 Å². The van der Waals surface area contributed by atoms with E-state index in [2.05, 4.69) is 69.8 Å². The number of aromatic nitrogens is 20. The molecule has 0 aliphatic carbocycles. The molecule has 0 spiro atoms. The number of nitrogen functional groups attached to an aromatic ring is 4. The van der Waals surface area contributed by atoms with Crippen LogP contribution in [0.5, 0.6) is 0 Å². The molecular weight excluding hydrogens is 1870 g/mol. The smallest absolute Gasteiger partial charge is 0.330 e. The van der Waals surface area contributed by atoms with Crippen LogP contribution in [0.3, 0.4) is 0 Å². The summed E-state index contributed by atoms with van der Waals surface area (Å²) in [6.45, 7) is -24.3. The number of fused-ring (bicyclic) bond motifs is 4. The molecule has 6 fully saturated rings. The Labute approximate surface area is 720 Å². The van der Waals surface area contributed by atoms with E-state index in [1.54, 1.807) is 0 Å². The minimum Gasteiger partial charge on any atom is -0.394 e. The van der Waals surface area contributed by atoms with Crippen LogP contribution in [-0.4, -0.2) is 245 Å². The van der Waals surface area contributed by atoms with Crippen LogP contribution in [0.15, 0.2) is 76.1 Å². The summed E-state index contributed by atoms with van der Waals surface area (Å²) in [5.41, 5.74) is 17.4. The van der Waals surface area contributed by atoms with E-state index < -0.39 is 229 Å². The molecule has 6 saturated heterocycles. The van der Waals surface area contributed by atoms with Gasteiger partial charge in [-0.2, -0.15) is 19.9 Å². The number of anilines is 4. The van der Waals surface area contributed by atoms with Crippen molar-refractivity contribution < 1.29 is 108 Å². The molecule has 55 nitrogen and oxygen atoms in total. The standard InChI is InChI=1S/C60H75N24O31P5S5/c1-21-9-79(59(93)77-49(21)87)35-3-23(86)30(106-35)12-100-116(95,121)112-25-5-37(81-17-65-41-45(81)69-55(61)73-51(41)89)108-32(25)14-102-118(97,123)114-27-7-39(83-19-67-43-47(83)71-57(63)75-53(43)91)110-34(27)16-104-120(99,125)115-28-8-40(84-20-68-44-48(84)72-58(64)76-54(44)92)109-33(28)15-103-119(98,124)113-26-6-38(82-18-66-42-46(82)70-56(62)74-52(42)90)107-31(26)13-101-117(96,122)111-24-4-36(105-29(24)11-85)80-10-22(2)50(88)78-60(80)94/h9-10,17-20,23-40,85-86H,3-8,11-16H2,1-2H3,(H,95,121)(H,96,122)(H,97,123)(H,98,124)(H,99,125)(H,77,87,93)(H,78,88,94)(H3,61,69,73,89)(H3,62,70,74,90)(H3,63,71,75,91)(H3,64,72,76,92). The Morgan fingerprint density at radius 1 is 0.368 bits per heavy atom. The zero-order valence-corrected chi connectivity index (χ0v) is 72.7. The third-order valence-electron chi connectivity index (χ3n) is 20.6. The van der Waals surface area contributed by atoms with Crippen molar-refractivity contribution in [2.75, 3.05) is 62.6 Å². The van der Waals surface area contributed by atoms with Gasteiger partial charge in [0.1, 0.15) is 74.0 Å². The molecule has 6 aliphatic heterocycles. The predicted molar refractivity (Wildman–Crippen MR) is 443 cm³/mol. The van der Waals surface area contributed by atoms with Crippen molar-refractivity contribution in [3.05, 3.63) is 132 Å². The number of aryl methyl sites for hydroxylation is 2. The Balaban J connectivity index is 0.625. The molecule has 0 radical (unpaired) electrons. The van der Waals surface area contributed by atoms with Crippen molar-refractivity contribution in [1.29, 1.82) is 0 Å². The van der Waals surface area contributed by atoms with Crippen molar-refractivity contribution >= 4 is 161 Å². The summed E-state index contributed by atoms with van der Waals surface area (Å²) in [7, 11) is 0. The fourth-order valence-corrected chi connectivity index (χ4v) is 22.1. The lowest BCUT2D eigenvalue weighted by Gasteiger charge is -2.28. The third-order valence-corrected chi connectivity index (χ3v) is 28.5. The zero-order valence-electron chi connectivity index (χ0n) is 64.1. The van der Waals surface area contributed by atoms with Crippen molar-refractivity contribution in [3.8, 4) is 0 Å². The van der Waals surface area contributed by atoms with E-state index in [0.29, 0.717) is 0 Å². The van der Waals surface area contributed by atoms with Crippen LogP contribution < -0.4 is 67.7 Å². The topological polar surface area (TPSA) is 757 Å². The van der Waals surface area contributed by atoms with E-state index in [0.717, 1.165) is 9.13 Å². The first-order chi connectivity index (χ1) is 59.1. The van der Waals surface area contributed by atoms with Gasteiger partial charge in [-0.3, -0.25) is 86.1 Å². The fourth-order valence-electron chi connectivity index (χ4n) is 14.8. The van der Waals surface area contributed by atoms with E-state index in [4.69, 9.17) is 156 Å². The van der Waals surface area contributed by atoms with Gasteiger partial charge >= 0.3 is 45.0 Å². The highest BCUT2D eigenvalue weighted by Crippen LogP contribution is 2.57. The maximum Gasteiger partial charge on any atom is 0.330 e. The Bertz CT molecular complexity index is 6620. The minimum absolute atomic E-state index is 0.0526. The minimum atomic E-state index is -4.72. The number of imidazole rings is 4. The summed E-state index contributed by atoms with van der Waals surface area (Å²) in [6.07, 6.45) is -17.4. The van der Waals surface area contributed by atoms with Crippen LogP contribution >= 0.6 is 33.6 Å². The number of hydrogen-bond donors (Lipinski definition) is 17. The van der Waals surface area contributed by atoms with Gasteiger partial charge in [-0.15, -0.1) is 0 Å². The molecule has 65 heteroatoms. The molecule has 16 rings (SSSR count). The lowest BCUT2D eigenvalue weighted by atomic mass is 10.2. The third kappa shape index (κ3) is 19.8. The summed E-state index contributed by atoms with van der Waals surface area (Å²) >= 11 is 27.9. The lowest BCUT2D eigenvalue weighted by molar-refractivity contribution is -0.0566. The average Bonchev–Trinajstić information content (AvgIpc) is 1.63. The van der Waals surface area contributed by atoms with Crippen LogP contribution in [0.4, 0.5) is 23.8 Å². The number of nitrogens with one attached hydrogen (secondary N) is 6. The monoisotopic (exact) mass is 1940 g/mol. The second-order valence-electron chi connectivity index (χ2n) is 29.0. The van der Waals surface area contributed by atoms with E-state index in [-0.39, 0.29) is 118 Å².